The maximum atomic E-state index is 6.51. The minimum Gasteiger partial charge on any atom is -0.456 e. The van der Waals surface area contributed by atoms with Gasteiger partial charge in [-0.25, -0.2) is 0 Å². The number of benzene rings is 11. The normalized spacial score (nSPS) is 11.9. The lowest BCUT2D eigenvalue weighted by Crippen LogP contribution is -1.93. The minimum absolute atomic E-state index is 0.826. The molecule has 0 bridgehead atoms. The Morgan fingerprint density at radius 2 is 0.758 bits per heavy atom. The van der Waals surface area contributed by atoms with Crippen molar-refractivity contribution in [1.29, 1.82) is 0 Å². The van der Waals surface area contributed by atoms with Gasteiger partial charge in [-0.2, -0.15) is 0 Å². The molecule has 0 aliphatic carbocycles. The Balaban J connectivity index is 1.05. The van der Waals surface area contributed by atoms with Crippen LogP contribution in [0.2, 0.25) is 0 Å². The quantitative estimate of drug-likeness (QED) is 0.162. The van der Waals surface area contributed by atoms with Crippen LogP contribution in [0.15, 0.2) is 227 Å². The van der Waals surface area contributed by atoms with Crippen molar-refractivity contribution >= 4 is 76.2 Å². The monoisotopic (exact) mass is 788 g/mol. The second kappa shape index (κ2) is 13.7. The van der Waals surface area contributed by atoms with Crippen LogP contribution in [-0.2, 0) is 0 Å². The van der Waals surface area contributed by atoms with Crippen molar-refractivity contribution in [1.82, 2.24) is 0 Å². The molecule has 0 saturated heterocycles. The van der Waals surface area contributed by atoms with Gasteiger partial charge >= 0.3 is 0 Å². The van der Waals surface area contributed by atoms with Crippen molar-refractivity contribution in [3.05, 3.63) is 218 Å². The van der Waals surface area contributed by atoms with Crippen LogP contribution < -0.4 is 0 Å². The van der Waals surface area contributed by atoms with Crippen molar-refractivity contribution in [3.63, 3.8) is 0 Å². The largest absolute Gasteiger partial charge is 0.456 e. The summed E-state index contributed by atoms with van der Waals surface area (Å²) in [5.74, 6) is 0. The van der Waals surface area contributed by atoms with Crippen molar-refractivity contribution in [3.8, 4) is 55.6 Å². The molecule has 2 aromatic heterocycles. The van der Waals surface area contributed by atoms with Crippen LogP contribution in [0.25, 0.3) is 132 Å². The molecule has 2 heterocycles. The average molecular weight is 789 g/mol. The number of furan rings is 2. The molecule has 288 valence electrons. The summed E-state index contributed by atoms with van der Waals surface area (Å²) in [5.41, 5.74) is 15.3. The first-order chi connectivity index (χ1) is 30.7. The van der Waals surface area contributed by atoms with E-state index in [1.54, 1.807) is 0 Å². The summed E-state index contributed by atoms with van der Waals surface area (Å²) in [6, 6.07) is 79.1. The van der Waals surface area contributed by atoms with Gasteiger partial charge in [-0.1, -0.05) is 170 Å². The molecule has 2 heteroatoms. The zero-order valence-electron chi connectivity index (χ0n) is 33.6. The Hall–Kier alpha value is -8.20. The van der Waals surface area contributed by atoms with E-state index < -0.39 is 0 Å². The zero-order valence-corrected chi connectivity index (χ0v) is 33.6. The van der Waals surface area contributed by atoms with Crippen LogP contribution in [-0.4, -0.2) is 0 Å². The first kappa shape index (κ1) is 34.6. The van der Waals surface area contributed by atoms with E-state index in [-0.39, 0.29) is 0 Å². The summed E-state index contributed by atoms with van der Waals surface area (Å²) in [5, 5.41) is 11.6. The van der Waals surface area contributed by atoms with E-state index in [2.05, 4.69) is 206 Å². The van der Waals surface area contributed by atoms with Gasteiger partial charge in [0, 0.05) is 16.2 Å². The van der Waals surface area contributed by atoms with Crippen molar-refractivity contribution in [2.24, 2.45) is 0 Å². The van der Waals surface area contributed by atoms with Gasteiger partial charge in [0.25, 0.3) is 0 Å². The molecule has 0 radical (unpaired) electrons. The van der Waals surface area contributed by atoms with Gasteiger partial charge in [0.15, 0.2) is 0 Å². The summed E-state index contributed by atoms with van der Waals surface area (Å²) >= 11 is 0. The molecule has 0 spiro atoms. The van der Waals surface area contributed by atoms with Gasteiger partial charge in [-0.05, 0) is 136 Å². The standard InChI is InChI=1S/C60H36O2/c1-2-13-37(14-3-1)39-17-10-18-40(33-39)42-27-29-50-52(35-42)57(48-23-6-7-24-49(48)58(50)47-25-12-16-38-15-4-5-21-45(38)47)44-20-11-19-41(34-44)43-28-31-55-53(36-43)59-56(61-55)32-30-51-46-22-8-9-26-54(46)62-60(51)59/h1-36H. The lowest BCUT2D eigenvalue weighted by atomic mass is 9.83. The highest BCUT2D eigenvalue weighted by atomic mass is 16.3. The van der Waals surface area contributed by atoms with Crippen LogP contribution in [0.4, 0.5) is 0 Å². The van der Waals surface area contributed by atoms with E-state index in [4.69, 9.17) is 8.83 Å². The molecule has 62 heavy (non-hydrogen) atoms. The third-order valence-corrected chi connectivity index (χ3v) is 12.8. The van der Waals surface area contributed by atoms with Gasteiger partial charge in [0.1, 0.15) is 22.3 Å². The number of rotatable bonds is 5. The van der Waals surface area contributed by atoms with E-state index >= 15 is 0 Å². The molecule has 0 atom stereocenters. The van der Waals surface area contributed by atoms with E-state index in [0.29, 0.717) is 0 Å². The molecule has 11 aromatic carbocycles. The molecule has 13 rings (SSSR count). The summed E-state index contributed by atoms with van der Waals surface area (Å²) < 4.78 is 12.9. The van der Waals surface area contributed by atoms with Crippen LogP contribution in [0.3, 0.4) is 0 Å². The Labute approximate surface area is 357 Å². The Bertz CT molecular complexity index is 3920. The van der Waals surface area contributed by atoms with Gasteiger partial charge in [0.2, 0.25) is 0 Å². The molecular formula is C60H36O2. The summed E-state index contributed by atoms with van der Waals surface area (Å²) in [6.45, 7) is 0. The summed E-state index contributed by atoms with van der Waals surface area (Å²) in [4.78, 5) is 0. The number of hydrogen-bond donors (Lipinski definition) is 0. The van der Waals surface area contributed by atoms with E-state index in [1.165, 1.54) is 76.8 Å². The van der Waals surface area contributed by atoms with Crippen molar-refractivity contribution < 1.29 is 8.83 Å². The van der Waals surface area contributed by atoms with Crippen LogP contribution in [0.1, 0.15) is 0 Å². The fraction of sp³-hybridized carbons (Fsp3) is 0. The number of hydrogen-bond acceptors (Lipinski definition) is 2. The van der Waals surface area contributed by atoms with Crippen LogP contribution in [0.5, 0.6) is 0 Å². The smallest absolute Gasteiger partial charge is 0.147 e. The molecule has 0 amide bonds. The molecular weight excluding hydrogens is 753 g/mol. The molecule has 2 nitrogen and oxygen atoms in total. The Morgan fingerprint density at radius 3 is 1.58 bits per heavy atom. The second-order valence-electron chi connectivity index (χ2n) is 16.3. The molecule has 0 fully saturated rings. The van der Waals surface area contributed by atoms with Gasteiger partial charge in [-0.15, -0.1) is 0 Å². The number of para-hydroxylation sites is 1. The lowest BCUT2D eigenvalue weighted by molar-refractivity contribution is 0.663. The van der Waals surface area contributed by atoms with Crippen LogP contribution in [0, 0.1) is 0 Å². The average Bonchev–Trinajstić information content (AvgIpc) is 3.91. The fourth-order valence-electron chi connectivity index (χ4n) is 9.99. The molecule has 0 N–H and O–H groups in total. The first-order valence-corrected chi connectivity index (χ1v) is 21.2. The third-order valence-electron chi connectivity index (χ3n) is 12.8. The molecule has 0 saturated carbocycles. The zero-order chi connectivity index (χ0) is 40.7. The highest BCUT2D eigenvalue weighted by molar-refractivity contribution is 6.25. The maximum Gasteiger partial charge on any atom is 0.147 e. The molecule has 13 aromatic rings. The topological polar surface area (TPSA) is 26.3 Å². The van der Waals surface area contributed by atoms with E-state index in [0.717, 1.165) is 55.0 Å². The van der Waals surface area contributed by atoms with Crippen molar-refractivity contribution in [2.45, 2.75) is 0 Å². The summed E-state index contributed by atoms with van der Waals surface area (Å²) in [6.07, 6.45) is 0. The fourth-order valence-corrected chi connectivity index (χ4v) is 9.99. The molecule has 0 unspecified atom stereocenters. The van der Waals surface area contributed by atoms with E-state index in [9.17, 15) is 0 Å². The van der Waals surface area contributed by atoms with Crippen molar-refractivity contribution in [2.75, 3.05) is 0 Å². The maximum absolute atomic E-state index is 6.51. The summed E-state index contributed by atoms with van der Waals surface area (Å²) in [7, 11) is 0. The Kier molecular flexibility index (Phi) is 7.64. The third kappa shape index (κ3) is 5.37. The predicted octanol–water partition coefficient (Wildman–Crippen LogP) is 17.3. The minimum atomic E-state index is 0.826. The van der Waals surface area contributed by atoms with Gasteiger partial charge < -0.3 is 8.83 Å². The van der Waals surface area contributed by atoms with E-state index in [1.807, 2.05) is 12.1 Å². The lowest BCUT2D eigenvalue weighted by Gasteiger charge is -2.20. The van der Waals surface area contributed by atoms with Crippen LogP contribution >= 0.6 is 0 Å². The molecule has 0 aliphatic heterocycles. The predicted molar refractivity (Wildman–Crippen MR) is 261 cm³/mol. The Morgan fingerprint density at radius 1 is 0.242 bits per heavy atom. The van der Waals surface area contributed by atoms with Gasteiger partial charge in [-0.3, -0.25) is 0 Å². The number of fused-ring (bicyclic) bond motifs is 10. The second-order valence-corrected chi connectivity index (χ2v) is 16.3. The highest BCUT2D eigenvalue weighted by Gasteiger charge is 2.21. The van der Waals surface area contributed by atoms with Gasteiger partial charge in [0.05, 0.1) is 5.39 Å². The first-order valence-electron chi connectivity index (χ1n) is 21.2. The molecule has 0 aliphatic rings. The highest BCUT2D eigenvalue weighted by Crippen LogP contribution is 2.47. The SMILES string of the molecule is c1ccc(-c2cccc(-c3ccc4c(-c5cccc6ccccc56)c5ccccc5c(-c5cccc(-c6ccc7oc8ccc9c%10ccccc%10oc9c8c7c6)c5)c4c3)c2)cc1.